The second-order valence-corrected chi connectivity index (χ2v) is 4.85. The Hall–Kier alpha value is -0.900. The molecule has 0 saturated heterocycles. The molecular weight excluding hydrogens is 196 g/mol. The van der Waals surface area contributed by atoms with Gasteiger partial charge in [-0.1, -0.05) is 13.8 Å². The molecule has 0 radical (unpaired) electrons. The van der Waals surface area contributed by atoms with Crippen LogP contribution in [0.4, 0.5) is 5.13 Å². The van der Waals surface area contributed by atoms with E-state index >= 15 is 0 Å². The molecule has 0 spiro atoms. The molecule has 0 aliphatic heterocycles. The summed E-state index contributed by atoms with van der Waals surface area (Å²) in [5.74, 6) is 0.723. The van der Waals surface area contributed by atoms with Crippen LogP contribution in [0, 0.1) is 5.92 Å². The monoisotopic (exact) mass is 210 g/mol. The number of nitrogens with zero attached hydrogens (tertiary/aromatic N) is 1. The molecule has 1 N–H and O–H groups in total. The first-order valence-electron chi connectivity index (χ1n) is 4.93. The number of carbonyl (C=O) groups is 1. The third-order valence-corrected chi connectivity index (χ3v) is 3.05. The first-order chi connectivity index (χ1) is 6.66. The predicted octanol–water partition coefficient (Wildman–Crippen LogP) is 2.62. The smallest absolute Gasteiger partial charge is 0.228 e. The number of hydrogen-bond donors (Lipinski definition) is 1. The molecule has 0 unspecified atom stereocenters. The normalized spacial score (nSPS) is 15.9. The molecule has 1 heterocycles. The first kappa shape index (κ1) is 9.65. The van der Waals surface area contributed by atoms with Crippen LogP contribution < -0.4 is 5.32 Å². The summed E-state index contributed by atoms with van der Waals surface area (Å²) in [6.07, 6.45) is 2.50. The summed E-state index contributed by atoms with van der Waals surface area (Å²) in [6.45, 7) is 3.76. The number of nitrogens with one attached hydrogen (secondary N) is 1. The van der Waals surface area contributed by atoms with E-state index in [0.717, 1.165) is 10.8 Å². The fraction of sp³-hybridized carbons (Fsp3) is 0.600. The van der Waals surface area contributed by atoms with E-state index in [1.807, 2.05) is 19.2 Å². The molecule has 3 nitrogen and oxygen atoms in total. The van der Waals surface area contributed by atoms with Gasteiger partial charge in [0.05, 0.1) is 5.69 Å². The standard InChI is InChI=1S/C10H14N2OS/c1-6(2)9(13)12-10-11-8(5-14-10)7-3-4-7/h5-7H,3-4H2,1-2H3,(H,11,12,13). The van der Waals surface area contributed by atoms with Gasteiger partial charge in [0, 0.05) is 17.2 Å². The number of carbonyl (C=O) groups excluding carboxylic acids is 1. The van der Waals surface area contributed by atoms with Crippen LogP contribution in [0.5, 0.6) is 0 Å². The van der Waals surface area contributed by atoms with Crippen molar-refractivity contribution in [1.82, 2.24) is 4.98 Å². The van der Waals surface area contributed by atoms with E-state index in [1.165, 1.54) is 24.2 Å². The lowest BCUT2D eigenvalue weighted by Gasteiger charge is -2.03. The highest BCUT2D eigenvalue weighted by Gasteiger charge is 2.26. The van der Waals surface area contributed by atoms with E-state index in [9.17, 15) is 4.79 Å². The largest absolute Gasteiger partial charge is 0.302 e. The summed E-state index contributed by atoms with van der Waals surface area (Å²) < 4.78 is 0. The lowest BCUT2D eigenvalue weighted by Crippen LogP contribution is -2.17. The van der Waals surface area contributed by atoms with Crippen LogP contribution in [0.15, 0.2) is 5.38 Å². The van der Waals surface area contributed by atoms with Crippen LogP contribution in [0.1, 0.15) is 38.3 Å². The highest BCUT2D eigenvalue weighted by Crippen LogP contribution is 2.40. The van der Waals surface area contributed by atoms with E-state index in [0.29, 0.717) is 5.92 Å². The summed E-state index contributed by atoms with van der Waals surface area (Å²) in [4.78, 5) is 15.7. The number of rotatable bonds is 3. The van der Waals surface area contributed by atoms with Crippen molar-refractivity contribution in [2.24, 2.45) is 5.92 Å². The van der Waals surface area contributed by atoms with Gasteiger partial charge in [-0.3, -0.25) is 4.79 Å². The average Bonchev–Trinajstić information content (AvgIpc) is 2.88. The maximum absolute atomic E-state index is 11.4. The summed E-state index contributed by atoms with van der Waals surface area (Å²) in [7, 11) is 0. The van der Waals surface area contributed by atoms with Crippen molar-refractivity contribution in [3.8, 4) is 0 Å². The lowest BCUT2D eigenvalue weighted by atomic mass is 10.2. The fourth-order valence-electron chi connectivity index (χ4n) is 1.16. The summed E-state index contributed by atoms with van der Waals surface area (Å²) >= 11 is 1.52. The molecule has 0 bridgehead atoms. The maximum Gasteiger partial charge on any atom is 0.228 e. The van der Waals surface area contributed by atoms with Crippen molar-refractivity contribution in [2.75, 3.05) is 5.32 Å². The van der Waals surface area contributed by atoms with E-state index in [2.05, 4.69) is 10.3 Å². The molecule has 1 amide bonds. The van der Waals surface area contributed by atoms with Gasteiger partial charge in [0.2, 0.25) is 5.91 Å². The second-order valence-electron chi connectivity index (χ2n) is 4.00. The molecule has 1 aromatic rings. The third kappa shape index (κ3) is 2.12. The van der Waals surface area contributed by atoms with Gasteiger partial charge < -0.3 is 5.32 Å². The summed E-state index contributed by atoms with van der Waals surface area (Å²) in [6, 6.07) is 0. The van der Waals surface area contributed by atoms with Gasteiger partial charge in [0.15, 0.2) is 5.13 Å². The first-order valence-corrected chi connectivity index (χ1v) is 5.81. The Kier molecular flexibility index (Phi) is 2.54. The Labute approximate surface area is 87.6 Å². The number of amides is 1. The summed E-state index contributed by atoms with van der Waals surface area (Å²) in [5.41, 5.74) is 1.15. The molecule has 0 atom stereocenters. The molecular formula is C10H14N2OS. The van der Waals surface area contributed by atoms with Crippen LogP contribution in [0.3, 0.4) is 0 Å². The number of anilines is 1. The Morgan fingerprint density at radius 1 is 1.64 bits per heavy atom. The minimum atomic E-state index is 0.0169. The van der Waals surface area contributed by atoms with Gasteiger partial charge in [-0.25, -0.2) is 4.98 Å². The molecule has 14 heavy (non-hydrogen) atoms. The molecule has 76 valence electrons. The molecule has 1 aliphatic carbocycles. The molecule has 1 aliphatic rings. The van der Waals surface area contributed by atoms with Crippen molar-refractivity contribution < 1.29 is 4.79 Å². The van der Waals surface area contributed by atoms with Gasteiger partial charge in [-0.15, -0.1) is 11.3 Å². The molecule has 0 aromatic carbocycles. The van der Waals surface area contributed by atoms with Crippen LogP contribution in [0.2, 0.25) is 0 Å². The van der Waals surface area contributed by atoms with Gasteiger partial charge >= 0.3 is 0 Å². The topological polar surface area (TPSA) is 42.0 Å². The maximum atomic E-state index is 11.4. The van der Waals surface area contributed by atoms with E-state index in [4.69, 9.17) is 0 Å². The predicted molar refractivity (Wildman–Crippen MR) is 57.6 cm³/mol. The van der Waals surface area contributed by atoms with E-state index < -0.39 is 0 Å². The third-order valence-electron chi connectivity index (χ3n) is 2.27. The number of aromatic nitrogens is 1. The Morgan fingerprint density at radius 2 is 2.36 bits per heavy atom. The zero-order valence-corrected chi connectivity index (χ0v) is 9.23. The van der Waals surface area contributed by atoms with Gasteiger partial charge in [-0.05, 0) is 12.8 Å². The highest BCUT2D eigenvalue weighted by molar-refractivity contribution is 7.13. The fourth-order valence-corrected chi connectivity index (χ4v) is 1.96. The van der Waals surface area contributed by atoms with Crippen molar-refractivity contribution in [3.63, 3.8) is 0 Å². The molecule has 1 fully saturated rings. The Morgan fingerprint density at radius 3 is 2.93 bits per heavy atom. The Bertz CT molecular complexity index is 342. The second kappa shape index (κ2) is 3.69. The SMILES string of the molecule is CC(C)C(=O)Nc1nc(C2CC2)cs1. The van der Waals surface area contributed by atoms with E-state index in [-0.39, 0.29) is 11.8 Å². The Balaban J connectivity index is 1.99. The minimum Gasteiger partial charge on any atom is -0.302 e. The minimum absolute atomic E-state index is 0.0169. The van der Waals surface area contributed by atoms with Crippen LogP contribution in [-0.2, 0) is 4.79 Å². The van der Waals surface area contributed by atoms with Crippen molar-refractivity contribution in [1.29, 1.82) is 0 Å². The lowest BCUT2D eigenvalue weighted by molar-refractivity contribution is -0.118. The highest BCUT2D eigenvalue weighted by atomic mass is 32.1. The zero-order valence-electron chi connectivity index (χ0n) is 8.41. The average molecular weight is 210 g/mol. The van der Waals surface area contributed by atoms with Gasteiger partial charge in [0.1, 0.15) is 0 Å². The molecule has 2 rings (SSSR count). The van der Waals surface area contributed by atoms with Crippen molar-refractivity contribution in [2.45, 2.75) is 32.6 Å². The number of hydrogen-bond acceptors (Lipinski definition) is 3. The van der Waals surface area contributed by atoms with Crippen molar-refractivity contribution >= 4 is 22.4 Å². The molecule has 1 aromatic heterocycles. The molecule has 1 saturated carbocycles. The number of thiazole rings is 1. The van der Waals surface area contributed by atoms with Crippen LogP contribution in [-0.4, -0.2) is 10.9 Å². The van der Waals surface area contributed by atoms with Crippen molar-refractivity contribution in [3.05, 3.63) is 11.1 Å². The van der Waals surface area contributed by atoms with Crippen LogP contribution >= 0.6 is 11.3 Å². The van der Waals surface area contributed by atoms with Gasteiger partial charge in [-0.2, -0.15) is 0 Å². The van der Waals surface area contributed by atoms with Gasteiger partial charge in [0.25, 0.3) is 0 Å². The summed E-state index contributed by atoms with van der Waals surface area (Å²) in [5, 5.41) is 5.60. The zero-order chi connectivity index (χ0) is 10.1. The van der Waals surface area contributed by atoms with E-state index in [1.54, 1.807) is 0 Å². The molecule has 4 heteroatoms. The quantitative estimate of drug-likeness (QED) is 0.833. The van der Waals surface area contributed by atoms with Crippen LogP contribution in [0.25, 0.3) is 0 Å².